The molecule has 0 bridgehead atoms. The minimum atomic E-state index is 0. The SMILES string of the molecule is C.C.C.C.C.C.C.C.C.C.C.C.CC.CC.CC.CC.CC.CC.CC.CC.CC.CC.[3HH].[B].[B][B].[B][B][B]. The second kappa shape index (κ2) is 25600. The molecule has 12 radical (unpaired) electrons. The van der Waals surface area contributed by atoms with E-state index in [0.717, 1.165) is 7.06 Å². The highest BCUT2D eigenvalue weighted by molar-refractivity contribution is 7.17. The van der Waals surface area contributed by atoms with Crippen molar-refractivity contribution in [3.63, 3.8) is 0 Å². The Morgan fingerprint density at radius 1 is 0.263 bits per heavy atom. The third kappa shape index (κ3) is 300000. The summed E-state index contributed by atoms with van der Waals surface area (Å²) in [6, 6.07) is 0. The van der Waals surface area contributed by atoms with Crippen LogP contribution in [0.1, 0.15) is 229 Å². The highest BCUT2D eigenvalue weighted by atomic mass is 13.0. The Morgan fingerprint density at radius 3 is 0.263 bits per heavy atom. The van der Waals surface area contributed by atoms with E-state index in [9.17, 15) is 0 Å². The third-order valence-electron chi connectivity index (χ3n) is 0. The molecular weight excluding hydrogens is 449 g/mol. The molecule has 6 heteroatoms. The van der Waals surface area contributed by atoms with Crippen molar-refractivity contribution in [3.8, 4) is 0 Å². The Kier molecular flexibility index (Phi) is 202000. The molecule has 0 spiro atoms. The summed E-state index contributed by atoms with van der Waals surface area (Å²) in [7, 11) is 18.0. The van der Waals surface area contributed by atoms with Crippen molar-refractivity contribution in [1.29, 1.82) is 0 Å². The molecule has 0 fully saturated rings. The van der Waals surface area contributed by atoms with E-state index in [1.165, 1.54) is 0 Å². The van der Waals surface area contributed by atoms with Gasteiger partial charge < -0.3 is 0 Å². The molecule has 0 nitrogen and oxygen atoms in total. The van der Waals surface area contributed by atoms with Gasteiger partial charge in [0.05, 0.1) is 0 Å². The molecule has 0 aromatic heterocycles. The summed E-state index contributed by atoms with van der Waals surface area (Å²) < 4.78 is 0. The van der Waals surface area contributed by atoms with Gasteiger partial charge in [-0.2, -0.15) is 0 Å². The number of rotatable bonds is 0. The molecule has 0 aliphatic carbocycles. The Balaban J connectivity index is -0.00000000191. The summed E-state index contributed by atoms with van der Waals surface area (Å²) in [6.07, 6.45) is 0. The molecule has 38 heavy (non-hydrogen) atoms. The molecule has 0 amide bonds. The molecule has 0 saturated carbocycles. The lowest BCUT2D eigenvalue weighted by Crippen LogP contribution is -1.79. The molecule has 0 aromatic rings. The van der Waals surface area contributed by atoms with Gasteiger partial charge in [0, 0.05) is 47.8 Å². The van der Waals surface area contributed by atoms with Crippen molar-refractivity contribution in [2.75, 3.05) is 0 Å². The summed E-state index contributed by atoms with van der Waals surface area (Å²) >= 11 is 0. The first-order chi connectivity index (χ1) is 12.4. The van der Waals surface area contributed by atoms with Gasteiger partial charge in [-0.05, 0) is 0 Å². The van der Waals surface area contributed by atoms with Crippen LogP contribution in [-0.2, 0) is 0 Å². The maximum Gasteiger partial charge on any atom is 0 e. The zero-order chi connectivity index (χ0) is 24.7. The van der Waals surface area contributed by atoms with Crippen LogP contribution in [0.4, 0.5) is 0 Å². The molecule has 0 unspecified atom stereocenters. The van der Waals surface area contributed by atoms with Crippen molar-refractivity contribution in [2.24, 2.45) is 0 Å². The molecule has 0 aromatic carbocycles. The van der Waals surface area contributed by atoms with Crippen LogP contribution in [0, 0.1) is 0 Å². The fourth-order valence-corrected chi connectivity index (χ4v) is 0. The molecule has 0 N–H and O–H groups in total. The summed E-state index contributed by atoms with van der Waals surface area (Å²) in [4.78, 5) is 0. The zero-order valence-electron chi connectivity index (χ0n) is 23.5. The van der Waals surface area contributed by atoms with E-state index in [1.807, 2.05) is 138 Å². The summed E-state index contributed by atoms with van der Waals surface area (Å²) in [6.45, 7) is 40.0. The van der Waals surface area contributed by atoms with Crippen molar-refractivity contribution in [3.05, 3.63) is 0 Å². The zero-order valence-corrected chi connectivity index (χ0v) is 23.5. The highest BCUT2D eigenvalue weighted by Gasteiger charge is 1.41. The van der Waals surface area contributed by atoms with E-state index in [1.54, 1.807) is 0 Å². The lowest BCUT2D eigenvalue weighted by atomic mass is 9.40. The molecular formula is C32H110B6. The monoisotopic (exact) mass is 563 g/mol. The predicted molar refractivity (Wildman–Crippen MR) is 231 cm³/mol. The average molecular weight is 562 g/mol. The van der Waals surface area contributed by atoms with Gasteiger partial charge >= 0.3 is 0 Å². The van der Waals surface area contributed by atoms with E-state index in [-0.39, 0.29) is 99.0 Å². The van der Waals surface area contributed by atoms with Crippen LogP contribution in [0.25, 0.3) is 0 Å². The van der Waals surface area contributed by atoms with Crippen molar-refractivity contribution in [2.45, 2.75) is 228 Å². The van der Waals surface area contributed by atoms with Crippen molar-refractivity contribution in [1.82, 2.24) is 0 Å². The van der Waals surface area contributed by atoms with Gasteiger partial charge in [-0.3, -0.25) is 0 Å². The van der Waals surface area contributed by atoms with Crippen LogP contribution in [0.2, 0.25) is 0 Å². The van der Waals surface area contributed by atoms with Crippen LogP contribution >= 0.6 is 0 Å². The van der Waals surface area contributed by atoms with Gasteiger partial charge in [-0.1, -0.05) is 228 Å². The Labute approximate surface area is 275 Å². The molecule has 0 atom stereocenters. The van der Waals surface area contributed by atoms with Crippen LogP contribution in [0.15, 0.2) is 0 Å². The van der Waals surface area contributed by atoms with Gasteiger partial charge in [-0.25, -0.2) is 0 Å². The molecule has 0 aliphatic heterocycles. The average Bonchev–Trinajstić information content (AvgIpc) is 2.83. The van der Waals surface area contributed by atoms with E-state index >= 15 is 0 Å². The lowest BCUT2D eigenvalue weighted by Gasteiger charge is -1.41. The molecule has 0 saturated heterocycles. The largest absolute Gasteiger partial charge is 0.0776 e. The van der Waals surface area contributed by atoms with Crippen LogP contribution in [0.3, 0.4) is 0 Å². The second-order valence-electron chi connectivity index (χ2n) is 0.192. The minimum Gasteiger partial charge on any atom is -0.0776 e. The number of hydrogen-bond acceptors (Lipinski definition) is 0. The first-order valence-electron chi connectivity index (χ1n) is 11.0. The molecule has 0 rings (SSSR count). The summed E-state index contributed by atoms with van der Waals surface area (Å²) in [5, 5.41) is 0. The van der Waals surface area contributed by atoms with E-state index in [4.69, 9.17) is 0 Å². The molecule has 0 aliphatic rings. The van der Waals surface area contributed by atoms with Gasteiger partial charge in [0.1, 0.15) is 0 Å². The molecule has 0 heterocycles. The Bertz CT molecular complexity index is 30.6. The third-order valence-corrected chi connectivity index (χ3v) is 0. The Morgan fingerprint density at radius 2 is 0.263 bits per heavy atom. The van der Waals surface area contributed by atoms with E-state index in [0.29, 0.717) is 0 Å². The quantitative estimate of drug-likeness (QED) is 0.258. The lowest BCUT2D eigenvalue weighted by molar-refractivity contribution is 1.50. The van der Waals surface area contributed by atoms with Gasteiger partial charge in [0.25, 0.3) is 0 Å². The molecule has 256 valence electrons. The van der Waals surface area contributed by atoms with Crippen molar-refractivity contribution >= 4 is 46.4 Å². The van der Waals surface area contributed by atoms with Crippen LogP contribution in [0.5, 0.6) is 0 Å². The van der Waals surface area contributed by atoms with Gasteiger partial charge in [0.15, 0.2) is 0 Å². The highest BCUT2D eigenvalue weighted by Crippen LogP contribution is 1.16. The summed E-state index contributed by atoms with van der Waals surface area (Å²) in [5.41, 5.74) is 0. The fourth-order valence-electron chi connectivity index (χ4n) is 0. The first-order valence-corrected chi connectivity index (χ1v) is 11.0. The number of hydrogen-bond donors (Lipinski definition) is 0. The van der Waals surface area contributed by atoms with Crippen LogP contribution < -0.4 is 0 Å². The van der Waals surface area contributed by atoms with Crippen LogP contribution in [-0.4, -0.2) is 46.4 Å². The normalized spacial score (nSPS) is 2.00. The van der Waals surface area contributed by atoms with Crippen molar-refractivity contribution < 1.29 is 1.43 Å². The maximum absolute atomic E-state index is 4.50. The Hall–Kier alpha value is 0.390. The van der Waals surface area contributed by atoms with Gasteiger partial charge in [-0.15, -0.1) is 0 Å². The predicted octanol–water partition coefficient (Wildman–Crippen LogP) is 15.9. The van der Waals surface area contributed by atoms with Gasteiger partial charge in [0.2, 0.25) is 0 Å². The minimum absolute atomic E-state index is 0. The van der Waals surface area contributed by atoms with E-state index < -0.39 is 0 Å². The fraction of sp³-hybridized carbons (Fsp3) is 1.00. The van der Waals surface area contributed by atoms with E-state index in [2.05, 4.69) is 30.9 Å². The second-order valence-corrected chi connectivity index (χ2v) is 0.192. The standard InChI is InChI=1S/10C2H6.12CH4.B3.B2.B.H2/c10*1-2;;;;;;;;;;;;;1-3-2;1-2;;/h10*1-2H3;12*1H4;;;;1H/i;;;;;;;;;;;;;;;;;;;;;;;;;1+2. The topological polar surface area (TPSA) is 0 Å². The smallest absolute Gasteiger partial charge is 0 e. The maximum atomic E-state index is 4.50. The first kappa shape index (κ1) is 299. The summed E-state index contributed by atoms with van der Waals surface area (Å²) in [5.74, 6) is 0.